The highest BCUT2D eigenvalue weighted by Gasteiger charge is 2.20. The summed E-state index contributed by atoms with van der Waals surface area (Å²) in [4.78, 5) is 32.4. The fraction of sp³-hybridized carbons (Fsp3) is 0.600. The van der Waals surface area contributed by atoms with Crippen molar-refractivity contribution in [2.75, 3.05) is 30.3 Å². The molecule has 0 aliphatic carbocycles. The van der Waals surface area contributed by atoms with Crippen molar-refractivity contribution in [1.29, 1.82) is 0 Å². The highest BCUT2D eigenvalue weighted by Crippen LogP contribution is 2.25. The number of esters is 1. The maximum Gasteiger partial charge on any atom is 0.306 e. The Balaban J connectivity index is 1.65. The van der Waals surface area contributed by atoms with Gasteiger partial charge in [-0.1, -0.05) is 0 Å². The lowest BCUT2D eigenvalue weighted by atomic mass is 9.91. The number of primary amides is 1. The van der Waals surface area contributed by atoms with Crippen LogP contribution in [0.15, 0.2) is 12.4 Å². The van der Waals surface area contributed by atoms with Crippen molar-refractivity contribution in [3.63, 3.8) is 0 Å². The van der Waals surface area contributed by atoms with Gasteiger partial charge in [0.05, 0.1) is 12.4 Å². The highest BCUT2D eigenvalue weighted by atomic mass is 16.5. The largest absolute Gasteiger partial charge is 0.456 e. The Bertz CT molecular complexity index is 544. The molecule has 0 aromatic carbocycles. The topological polar surface area (TPSA) is 124 Å². The summed E-state index contributed by atoms with van der Waals surface area (Å²) in [5.74, 6) is 0.841. The molecule has 23 heavy (non-hydrogen) atoms. The van der Waals surface area contributed by atoms with Gasteiger partial charge in [-0.05, 0) is 31.6 Å². The predicted octanol–water partition coefficient (Wildman–Crippen LogP) is 0.474. The van der Waals surface area contributed by atoms with Crippen LogP contribution in [0.4, 0.5) is 11.6 Å². The molecule has 1 amide bonds. The molecule has 0 bridgehead atoms. The average molecular weight is 321 g/mol. The van der Waals surface area contributed by atoms with Crippen molar-refractivity contribution in [2.24, 2.45) is 11.7 Å². The van der Waals surface area contributed by atoms with Crippen LogP contribution >= 0.6 is 0 Å². The Morgan fingerprint density at radius 3 is 2.70 bits per heavy atom. The molecule has 8 nitrogen and oxygen atoms in total. The zero-order chi connectivity index (χ0) is 16.7. The fourth-order valence-corrected chi connectivity index (χ4v) is 2.73. The molecule has 1 saturated heterocycles. The summed E-state index contributed by atoms with van der Waals surface area (Å²) < 4.78 is 4.73. The van der Waals surface area contributed by atoms with Crippen LogP contribution in [0.5, 0.6) is 0 Å². The molecule has 1 fully saturated rings. The number of nitrogens with two attached hydrogens (primary N) is 2. The lowest BCUT2D eigenvalue weighted by Gasteiger charge is -2.32. The third-order valence-corrected chi connectivity index (χ3v) is 3.95. The zero-order valence-corrected chi connectivity index (χ0v) is 13.1. The number of hydrogen-bond donors (Lipinski definition) is 2. The summed E-state index contributed by atoms with van der Waals surface area (Å²) >= 11 is 0. The second-order valence-electron chi connectivity index (χ2n) is 5.75. The number of piperidine rings is 1. The maximum absolute atomic E-state index is 11.4. The van der Waals surface area contributed by atoms with Gasteiger partial charge in [-0.3, -0.25) is 14.6 Å². The van der Waals surface area contributed by atoms with E-state index in [-0.39, 0.29) is 12.6 Å². The first-order chi connectivity index (χ1) is 11.0. The number of nitrogen functional groups attached to an aromatic ring is 1. The number of hydrogen-bond acceptors (Lipinski definition) is 7. The van der Waals surface area contributed by atoms with E-state index in [1.165, 1.54) is 6.20 Å². The number of carbonyl (C=O) groups excluding carboxylic acids is 2. The molecule has 0 saturated carbocycles. The first-order valence-corrected chi connectivity index (χ1v) is 7.81. The summed E-state index contributed by atoms with van der Waals surface area (Å²) in [6.45, 7) is 1.49. The molecule has 8 heteroatoms. The molecular formula is C15H23N5O3. The van der Waals surface area contributed by atoms with Crippen LogP contribution in [-0.2, 0) is 14.3 Å². The van der Waals surface area contributed by atoms with Gasteiger partial charge >= 0.3 is 5.97 Å². The molecule has 1 aromatic rings. The Hall–Kier alpha value is -2.38. The van der Waals surface area contributed by atoms with E-state index in [1.54, 1.807) is 6.20 Å². The van der Waals surface area contributed by atoms with Gasteiger partial charge in [0.15, 0.2) is 6.61 Å². The molecule has 0 unspecified atom stereocenters. The minimum absolute atomic E-state index is 0.328. The SMILES string of the molecule is NC(=O)COC(=O)CCCC1CCN(c2cncc(N)n2)CC1. The van der Waals surface area contributed by atoms with Crippen LogP contribution in [0.25, 0.3) is 0 Å². The van der Waals surface area contributed by atoms with E-state index < -0.39 is 5.91 Å². The van der Waals surface area contributed by atoms with Crippen LogP contribution in [0.2, 0.25) is 0 Å². The van der Waals surface area contributed by atoms with Crippen molar-refractivity contribution in [3.8, 4) is 0 Å². The molecule has 0 atom stereocenters. The molecule has 126 valence electrons. The maximum atomic E-state index is 11.4. The smallest absolute Gasteiger partial charge is 0.306 e. The molecule has 1 aromatic heterocycles. The minimum atomic E-state index is -0.629. The second-order valence-corrected chi connectivity index (χ2v) is 5.75. The summed E-state index contributed by atoms with van der Waals surface area (Å²) in [6.07, 6.45) is 7.43. The molecule has 4 N–H and O–H groups in total. The van der Waals surface area contributed by atoms with Gasteiger partial charge in [-0.15, -0.1) is 0 Å². The molecule has 2 rings (SSSR count). The predicted molar refractivity (Wildman–Crippen MR) is 85.4 cm³/mol. The number of carbonyl (C=O) groups is 2. The highest BCUT2D eigenvalue weighted by molar-refractivity contribution is 5.78. The van der Waals surface area contributed by atoms with Crippen molar-refractivity contribution in [1.82, 2.24) is 9.97 Å². The molecule has 0 spiro atoms. The lowest BCUT2D eigenvalue weighted by molar-refractivity contribution is -0.147. The first-order valence-electron chi connectivity index (χ1n) is 7.81. The second kappa shape index (κ2) is 8.30. The van der Waals surface area contributed by atoms with Gasteiger partial charge in [0, 0.05) is 19.5 Å². The van der Waals surface area contributed by atoms with Crippen LogP contribution in [0, 0.1) is 5.92 Å². The Labute approximate surface area is 135 Å². The van der Waals surface area contributed by atoms with E-state index in [9.17, 15) is 9.59 Å². The van der Waals surface area contributed by atoms with Gasteiger partial charge < -0.3 is 21.1 Å². The third kappa shape index (κ3) is 5.72. The van der Waals surface area contributed by atoms with Crippen molar-refractivity contribution in [2.45, 2.75) is 32.1 Å². The van der Waals surface area contributed by atoms with E-state index in [0.717, 1.165) is 44.6 Å². The van der Waals surface area contributed by atoms with Crippen LogP contribution in [-0.4, -0.2) is 41.5 Å². The Morgan fingerprint density at radius 1 is 1.30 bits per heavy atom. The number of rotatable bonds is 7. The van der Waals surface area contributed by atoms with Crippen molar-refractivity contribution < 1.29 is 14.3 Å². The van der Waals surface area contributed by atoms with E-state index >= 15 is 0 Å². The van der Waals surface area contributed by atoms with Gasteiger partial charge in [-0.25, -0.2) is 4.98 Å². The summed E-state index contributed by atoms with van der Waals surface area (Å²) in [6, 6.07) is 0. The molecule has 1 aliphatic rings. The summed E-state index contributed by atoms with van der Waals surface area (Å²) in [7, 11) is 0. The van der Waals surface area contributed by atoms with Gasteiger partial charge in [0.1, 0.15) is 11.6 Å². The monoisotopic (exact) mass is 321 g/mol. The Morgan fingerprint density at radius 2 is 2.04 bits per heavy atom. The normalized spacial score (nSPS) is 15.4. The van der Waals surface area contributed by atoms with E-state index in [4.69, 9.17) is 16.2 Å². The fourth-order valence-electron chi connectivity index (χ4n) is 2.73. The van der Waals surface area contributed by atoms with E-state index in [2.05, 4.69) is 14.9 Å². The lowest BCUT2D eigenvalue weighted by Crippen LogP contribution is -2.34. The van der Waals surface area contributed by atoms with Crippen LogP contribution < -0.4 is 16.4 Å². The van der Waals surface area contributed by atoms with E-state index in [1.807, 2.05) is 0 Å². The van der Waals surface area contributed by atoms with Crippen LogP contribution in [0.3, 0.4) is 0 Å². The standard InChI is InChI=1S/C15H23N5O3/c16-12-8-18-9-14(19-12)20-6-4-11(5-7-20)2-1-3-15(22)23-10-13(17)21/h8-9,11H,1-7,10H2,(H2,16,19)(H2,17,21). The summed E-state index contributed by atoms with van der Waals surface area (Å²) in [5.41, 5.74) is 10.6. The number of nitrogens with zero attached hydrogens (tertiary/aromatic N) is 3. The number of anilines is 2. The Kier molecular flexibility index (Phi) is 6.13. The average Bonchev–Trinajstić information content (AvgIpc) is 2.53. The molecular weight excluding hydrogens is 298 g/mol. The quantitative estimate of drug-likeness (QED) is 0.699. The minimum Gasteiger partial charge on any atom is -0.456 e. The first kappa shape index (κ1) is 17.0. The summed E-state index contributed by atoms with van der Waals surface area (Å²) in [5, 5.41) is 0. The molecule has 2 heterocycles. The van der Waals surface area contributed by atoms with E-state index in [0.29, 0.717) is 18.2 Å². The number of aromatic nitrogens is 2. The molecule has 0 radical (unpaired) electrons. The zero-order valence-electron chi connectivity index (χ0n) is 13.1. The number of amides is 1. The van der Waals surface area contributed by atoms with Crippen LogP contribution in [0.1, 0.15) is 32.1 Å². The number of ether oxygens (including phenoxy) is 1. The van der Waals surface area contributed by atoms with Gasteiger partial charge in [-0.2, -0.15) is 0 Å². The van der Waals surface area contributed by atoms with Gasteiger partial charge in [0.2, 0.25) is 0 Å². The van der Waals surface area contributed by atoms with Gasteiger partial charge in [0.25, 0.3) is 5.91 Å². The third-order valence-electron chi connectivity index (χ3n) is 3.95. The van der Waals surface area contributed by atoms with Crippen molar-refractivity contribution in [3.05, 3.63) is 12.4 Å². The molecule has 1 aliphatic heterocycles. The van der Waals surface area contributed by atoms with Crippen molar-refractivity contribution >= 4 is 23.5 Å².